The van der Waals surface area contributed by atoms with Crippen molar-refractivity contribution in [1.82, 2.24) is 14.5 Å². The number of carbonyl (C=O) groups excluding carboxylic acids is 2. The highest BCUT2D eigenvalue weighted by molar-refractivity contribution is 5.95. The van der Waals surface area contributed by atoms with Gasteiger partial charge in [-0.3, -0.25) is 14.5 Å². The Labute approximate surface area is 249 Å². The van der Waals surface area contributed by atoms with Crippen LogP contribution in [0.4, 0.5) is 4.39 Å². The van der Waals surface area contributed by atoms with E-state index >= 15 is 4.39 Å². The zero-order valence-electron chi connectivity index (χ0n) is 24.7. The Balaban J connectivity index is 1.07. The molecule has 4 aromatic rings. The van der Waals surface area contributed by atoms with E-state index in [-0.39, 0.29) is 60.8 Å². The molecule has 1 unspecified atom stereocenters. The minimum Gasteiger partial charge on any atom is -0.469 e. The van der Waals surface area contributed by atoms with E-state index in [4.69, 9.17) is 18.6 Å². The Bertz CT molecular complexity index is 1600. The number of likely N-dealkylation sites (tertiary alicyclic amines) is 1. The van der Waals surface area contributed by atoms with Crippen molar-refractivity contribution in [1.29, 1.82) is 0 Å². The number of para-hydroxylation sites is 1. The highest BCUT2D eigenvalue weighted by Crippen LogP contribution is 2.33. The van der Waals surface area contributed by atoms with Gasteiger partial charge < -0.3 is 23.2 Å². The first kappa shape index (κ1) is 29.5. The van der Waals surface area contributed by atoms with Crippen LogP contribution in [0.3, 0.4) is 0 Å². The number of ketones is 1. The Morgan fingerprint density at radius 1 is 1.09 bits per heavy atom. The lowest BCUT2D eigenvalue weighted by atomic mass is 9.87. The molecule has 2 aromatic carbocycles. The molecule has 9 nitrogen and oxygen atoms in total. The van der Waals surface area contributed by atoms with Crippen molar-refractivity contribution in [2.75, 3.05) is 33.4 Å². The van der Waals surface area contributed by atoms with Gasteiger partial charge >= 0.3 is 5.97 Å². The smallest absolute Gasteiger partial charge is 0.308 e. The molecule has 43 heavy (non-hydrogen) atoms. The summed E-state index contributed by atoms with van der Waals surface area (Å²) in [6, 6.07) is 11.2. The number of hydrogen-bond acceptors (Lipinski definition) is 8. The third-order valence-electron chi connectivity index (χ3n) is 8.72. The van der Waals surface area contributed by atoms with Gasteiger partial charge in [0, 0.05) is 43.7 Å². The number of methoxy groups -OCH3 is 1. The lowest BCUT2D eigenvalue weighted by Gasteiger charge is -2.34. The van der Waals surface area contributed by atoms with Gasteiger partial charge in [-0.25, -0.2) is 9.37 Å². The third-order valence-corrected chi connectivity index (χ3v) is 8.72. The van der Waals surface area contributed by atoms with Crippen LogP contribution >= 0.6 is 0 Å². The van der Waals surface area contributed by atoms with Crippen LogP contribution in [0.2, 0.25) is 0 Å². The minimum absolute atomic E-state index is 0.0345. The number of Topliss-reactive ketones (excluding diaryl/α,β-unsaturated/α-hetero) is 1. The molecule has 228 valence electrons. The summed E-state index contributed by atoms with van der Waals surface area (Å²) in [6.45, 7) is 1.95. The fourth-order valence-electron chi connectivity index (χ4n) is 6.39. The molecule has 1 aliphatic carbocycles. The van der Waals surface area contributed by atoms with Gasteiger partial charge in [-0.15, -0.1) is 0 Å². The van der Waals surface area contributed by atoms with E-state index < -0.39 is 5.82 Å². The first-order chi connectivity index (χ1) is 20.9. The summed E-state index contributed by atoms with van der Waals surface area (Å²) in [4.78, 5) is 31.5. The van der Waals surface area contributed by atoms with Crippen LogP contribution in [0, 0.1) is 11.7 Å². The second kappa shape index (κ2) is 13.0. The van der Waals surface area contributed by atoms with Gasteiger partial charge in [-0.05, 0) is 56.2 Å². The maximum absolute atomic E-state index is 15.5. The fourth-order valence-corrected chi connectivity index (χ4v) is 6.39. The molecule has 6 rings (SSSR count). The van der Waals surface area contributed by atoms with Crippen LogP contribution < -0.4 is 0 Å². The van der Waals surface area contributed by atoms with E-state index in [1.54, 1.807) is 12.1 Å². The average molecular weight is 592 g/mol. The lowest BCUT2D eigenvalue weighted by molar-refractivity contribution is -0.154. The predicted molar refractivity (Wildman–Crippen MR) is 159 cm³/mol. The monoisotopic (exact) mass is 591 g/mol. The van der Waals surface area contributed by atoms with Crippen molar-refractivity contribution < 1.29 is 32.6 Å². The zero-order chi connectivity index (χ0) is 29.9. The van der Waals surface area contributed by atoms with Crippen LogP contribution in [0.5, 0.6) is 0 Å². The third kappa shape index (κ3) is 6.37. The molecule has 0 N–H and O–H groups in total. The Morgan fingerprint density at radius 3 is 2.63 bits per heavy atom. The summed E-state index contributed by atoms with van der Waals surface area (Å²) in [5.41, 5.74) is 2.50. The van der Waals surface area contributed by atoms with Gasteiger partial charge in [0.15, 0.2) is 17.2 Å². The van der Waals surface area contributed by atoms with Crippen molar-refractivity contribution in [3.8, 4) is 11.5 Å². The number of oxazole rings is 1. The second-order valence-corrected chi connectivity index (χ2v) is 11.6. The summed E-state index contributed by atoms with van der Waals surface area (Å²) >= 11 is 0. The minimum atomic E-state index is -0.578. The highest BCUT2D eigenvalue weighted by Gasteiger charge is 2.31. The van der Waals surface area contributed by atoms with E-state index in [1.807, 2.05) is 42.1 Å². The number of nitrogens with zero attached hydrogens (tertiary/aromatic N) is 3. The lowest BCUT2D eigenvalue weighted by Crippen LogP contribution is -2.42. The van der Waals surface area contributed by atoms with Gasteiger partial charge in [0.05, 0.1) is 31.3 Å². The van der Waals surface area contributed by atoms with Crippen LogP contribution in [0.25, 0.3) is 33.5 Å². The molecule has 0 amide bonds. The molecule has 2 aliphatic rings. The summed E-state index contributed by atoms with van der Waals surface area (Å²) in [5.74, 6) is -0.688. The van der Waals surface area contributed by atoms with Gasteiger partial charge in [0.2, 0.25) is 5.89 Å². The molecule has 1 aliphatic heterocycles. The number of halogens is 1. The van der Waals surface area contributed by atoms with Crippen LogP contribution in [-0.4, -0.2) is 71.9 Å². The van der Waals surface area contributed by atoms with E-state index in [2.05, 4.69) is 9.88 Å². The number of benzene rings is 2. The fraction of sp³-hybridized carbons (Fsp3) is 0.485. The average Bonchev–Trinajstić information content (AvgIpc) is 3.78. The van der Waals surface area contributed by atoms with Crippen LogP contribution in [0.1, 0.15) is 44.1 Å². The van der Waals surface area contributed by atoms with E-state index in [1.165, 1.54) is 7.11 Å². The number of aryl methyl sites for hydroxylation is 1. The highest BCUT2D eigenvalue weighted by atomic mass is 19.1. The first-order valence-corrected chi connectivity index (χ1v) is 15.1. The van der Waals surface area contributed by atoms with Crippen molar-refractivity contribution >= 4 is 33.8 Å². The normalized spacial score (nSPS) is 20.2. The molecule has 3 heterocycles. The quantitative estimate of drug-likeness (QED) is 0.213. The Kier molecular flexibility index (Phi) is 8.88. The molecule has 1 saturated carbocycles. The number of hydrogen-bond donors (Lipinski definition) is 0. The van der Waals surface area contributed by atoms with Crippen molar-refractivity contribution in [2.24, 2.45) is 13.0 Å². The van der Waals surface area contributed by atoms with E-state index in [0.717, 1.165) is 68.1 Å². The van der Waals surface area contributed by atoms with Crippen LogP contribution in [-0.2, 0) is 37.3 Å². The predicted octanol–water partition coefficient (Wildman–Crippen LogP) is 5.42. The SMILES string of the molecule is COC(=O)C1CCC(OC(COCC(=O)Cc2ccc3nc(-c4cn(C)c5ccccc45)oc3c2F)N2CCCC2)CC1. The van der Waals surface area contributed by atoms with Gasteiger partial charge in [-0.2, -0.15) is 0 Å². The molecule has 10 heteroatoms. The molecular weight excluding hydrogens is 553 g/mol. The standard InChI is InChI=1S/C33H38FN3O6/c1-36-18-26(25-7-3-4-8-28(25)36)32-35-27-14-11-22(30(34)31(27)43-32)17-23(38)19-41-20-29(37-15-5-6-16-37)42-24-12-9-21(10-13-24)33(39)40-2/h3-4,7-8,11,14,18,21,24,29H,5-6,9-10,12-13,15-17,19-20H2,1-2H3. The summed E-state index contributed by atoms with van der Waals surface area (Å²) < 4.78 is 40.6. The number of carbonyl (C=O) groups is 2. The molecule has 2 fully saturated rings. The zero-order valence-corrected chi connectivity index (χ0v) is 24.7. The van der Waals surface area contributed by atoms with Gasteiger partial charge in [0.25, 0.3) is 0 Å². The van der Waals surface area contributed by atoms with Gasteiger partial charge in [0.1, 0.15) is 18.4 Å². The number of esters is 1. The molecule has 1 atom stereocenters. The number of ether oxygens (including phenoxy) is 3. The number of aromatic nitrogens is 2. The number of rotatable bonds is 11. The Morgan fingerprint density at radius 2 is 1.86 bits per heavy atom. The first-order valence-electron chi connectivity index (χ1n) is 15.1. The molecule has 0 spiro atoms. The maximum Gasteiger partial charge on any atom is 0.308 e. The van der Waals surface area contributed by atoms with Crippen molar-refractivity contribution in [3.63, 3.8) is 0 Å². The molecule has 2 aromatic heterocycles. The summed E-state index contributed by atoms with van der Waals surface area (Å²) in [7, 11) is 3.37. The van der Waals surface area contributed by atoms with Crippen molar-refractivity contribution in [3.05, 3.63) is 54.0 Å². The van der Waals surface area contributed by atoms with E-state index in [0.29, 0.717) is 11.4 Å². The number of fused-ring (bicyclic) bond motifs is 2. The van der Waals surface area contributed by atoms with Crippen LogP contribution in [0.15, 0.2) is 47.0 Å². The maximum atomic E-state index is 15.5. The summed E-state index contributed by atoms with van der Waals surface area (Å²) in [5, 5.41) is 0.967. The molecule has 0 bridgehead atoms. The van der Waals surface area contributed by atoms with Gasteiger partial charge in [-0.1, -0.05) is 24.3 Å². The second-order valence-electron chi connectivity index (χ2n) is 11.6. The largest absolute Gasteiger partial charge is 0.469 e. The Hall–Kier alpha value is -3.60. The summed E-state index contributed by atoms with van der Waals surface area (Å²) in [6.07, 6.45) is 6.84. The van der Waals surface area contributed by atoms with Crippen molar-refractivity contribution in [2.45, 2.75) is 57.3 Å². The molecule has 1 saturated heterocycles. The van der Waals surface area contributed by atoms with E-state index in [9.17, 15) is 9.59 Å². The molecular formula is C33H38FN3O6. The topological polar surface area (TPSA) is 96.0 Å². The molecule has 0 radical (unpaired) electrons.